The molecule has 4 nitrogen and oxygen atoms in total. The molecule has 0 heterocycles. The van der Waals surface area contributed by atoms with Gasteiger partial charge in [0, 0.05) is 5.69 Å². The third-order valence-electron chi connectivity index (χ3n) is 3.19. The first-order valence-electron chi connectivity index (χ1n) is 5.76. The van der Waals surface area contributed by atoms with Crippen molar-refractivity contribution in [3.8, 4) is 11.1 Å². The first-order chi connectivity index (χ1) is 8.99. The van der Waals surface area contributed by atoms with Gasteiger partial charge in [0.25, 0.3) is 0 Å². The summed E-state index contributed by atoms with van der Waals surface area (Å²) in [6.45, 7) is 4.00. The quantitative estimate of drug-likeness (QED) is 0.679. The zero-order valence-corrected chi connectivity index (χ0v) is 11.5. The van der Waals surface area contributed by atoms with E-state index in [0.29, 0.717) is 5.69 Å². The Kier molecular flexibility index (Phi) is 5.58. The van der Waals surface area contributed by atoms with Crippen molar-refractivity contribution >= 4 is 40.7 Å². The van der Waals surface area contributed by atoms with Gasteiger partial charge in [0.1, 0.15) is 0 Å². The molecular formula is C14H15LiN2O2S. The van der Waals surface area contributed by atoms with Crippen LogP contribution in [0.1, 0.15) is 11.1 Å². The molecule has 20 heavy (non-hydrogen) atoms. The van der Waals surface area contributed by atoms with Crippen LogP contribution < -0.4 is 5.73 Å². The summed E-state index contributed by atoms with van der Waals surface area (Å²) in [5.41, 5.74) is 11.3. The van der Waals surface area contributed by atoms with Gasteiger partial charge >= 0.3 is 29.4 Å². The van der Waals surface area contributed by atoms with Crippen LogP contribution >= 0.6 is 0 Å². The Labute approximate surface area is 131 Å². The van der Waals surface area contributed by atoms with Crippen molar-refractivity contribution in [1.29, 1.82) is 0 Å². The molecule has 0 unspecified atom stereocenters. The third kappa shape index (κ3) is 3.51. The van der Waals surface area contributed by atoms with Gasteiger partial charge in [0.2, 0.25) is 0 Å². The minimum atomic E-state index is -2.42. The van der Waals surface area contributed by atoms with Crippen molar-refractivity contribution in [1.82, 2.24) is 0 Å². The first-order valence-corrected chi connectivity index (χ1v) is 6.79. The van der Waals surface area contributed by atoms with E-state index in [1.807, 2.05) is 38.1 Å². The summed E-state index contributed by atoms with van der Waals surface area (Å²) < 4.78 is 24.4. The number of hydrogen-bond acceptors (Lipinski definition) is 4. The summed E-state index contributed by atoms with van der Waals surface area (Å²) in [6, 6.07) is 10.9. The van der Waals surface area contributed by atoms with Crippen LogP contribution in [-0.4, -0.2) is 27.3 Å². The van der Waals surface area contributed by atoms with Crippen LogP contribution in [-0.2, 0) is 10.5 Å². The fraction of sp³-hybridized carbons (Fsp3) is 0.143. The fourth-order valence-electron chi connectivity index (χ4n) is 1.94. The number of benzene rings is 2. The second-order valence-electron chi connectivity index (χ2n) is 4.31. The van der Waals surface area contributed by atoms with E-state index in [0.717, 1.165) is 27.9 Å². The van der Waals surface area contributed by atoms with Gasteiger partial charge in [0.05, 0.1) is 5.69 Å². The molecule has 2 aromatic rings. The van der Waals surface area contributed by atoms with Crippen LogP contribution in [0, 0.1) is 13.8 Å². The predicted molar refractivity (Wildman–Crippen MR) is 83.9 cm³/mol. The molecule has 0 saturated carbocycles. The Morgan fingerprint density at radius 1 is 0.950 bits per heavy atom. The number of nitrogen functional groups attached to an aromatic ring is 1. The average Bonchev–Trinajstić information content (AvgIpc) is 2.37. The van der Waals surface area contributed by atoms with Crippen LogP contribution in [0.4, 0.5) is 11.4 Å². The van der Waals surface area contributed by atoms with E-state index >= 15 is 0 Å². The molecule has 2 aromatic carbocycles. The van der Waals surface area contributed by atoms with E-state index in [4.69, 9.17) is 5.73 Å². The van der Waals surface area contributed by atoms with Gasteiger partial charge in [-0.15, -0.1) is 4.36 Å². The van der Waals surface area contributed by atoms with Crippen molar-refractivity contribution in [2.24, 2.45) is 4.36 Å². The monoisotopic (exact) mass is 282 g/mol. The van der Waals surface area contributed by atoms with Crippen LogP contribution in [0.25, 0.3) is 11.1 Å². The summed E-state index contributed by atoms with van der Waals surface area (Å²) in [7, 11) is -2.42. The van der Waals surface area contributed by atoms with Crippen LogP contribution in [0.5, 0.6) is 0 Å². The van der Waals surface area contributed by atoms with Gasteiger partial charge in [-0.2, -0.15) is 8.42 Å². The van der Waals surface area contributed by atoms with Gasteiger partial charge in [-0.25, -0.2) is 0 Å². The molecule has 6 heteroatoms. The second kappa shape index (κ2) is 6.75. The van der Waals surface area contributed by atoms with E-state index < -0.39 is 10.5 Å². The molecule has 2 rings (SSSR count). The van der Waals surface area contributed by atoms with Crippen molar-refractivity contribution in [3.05, 3.63) is 47.5 Å². The van der Waals surface area contributed by atoms with Crippen molar-refractivity contribution in [2.75, 3.05) is 5.73 Å². The Balaban J connectivity index is 0.00000200. The van der Waals surface area contributed by atoms with Gasteiger partial charge in [-0.3, -0.25) is 0 Å². The summed E-state index contributed by atoms with van der Waals surface area (Å²) in [4.78, 5) is 0. The molecule has 0 spiro atoms. The second-order valence-corrected chi connectivity index (χ2v) is 4.92. The van der Waals surface area contributed by atoms with Gasteiger partial charge in [-0.1, -0.05) is 18.2 Å². The van der Waals surface area contributed by atoms with Gasteiger partial charge in [-0.05, 0) is 54.3 Å². The number of anilines is 1. The third-order valence-corrected chi connectivity index (χ3v) is 3.55. The van der Waals surface area contributed by atoms with Crippen LogP contribution in [0.15, 0.2) is 40.8 Å². The number of rotatable bonds is 2. The zero-order chi connectivity index (χ0) is 14.0. The molecule has 0 atom stereocenters. The van der Waals surface area contributed by atoms with Gasteiger partial charge in [0.15, 0.2) is 0 Å². The molecule has 0 aliphatic heterocycles. The van der Waals surface area contributed by atoms with Crippen LogP contribution in [0.3, 0.4) is 0 Å². The normalized spacial score (nSPS) is 9.70. The van der Waals surface area contributed by atoms with E-state index in [1.54, 1.807) is 12.1 Å². The maximum atomic E-state index is 10.5. The first kappa shape index (κ1) is 16.5. The van der Waals surface area contributed by atoms with E-state index in [1.165, 1.54) is 0 Å². The summed E-state index contributed by atoms with van der Waals surface area (Å²) in [5.74, 6) is 0. The molecule has 0 aliphatic rings. The number of nitrogens with zero attached hydrogens (tertiary/aromatic N) is 1. The van der Waals surface area contributed by atoms with E-state index in [-0.39, 0.29) is 18.9 Å². The Morgan fingerprint density at radius 2 is 1.55 bits per heavy atom. The van der Waals surface area contributed by atoms with Crippen molar-refractivity contribution < 1.29 is 8.42 Å². The fourth-order valence-corrected chi connectivity index (χ4v) is 2.24. The Hall–Kier alpha value is -1.54. The molecule has 0 saturated heterocycles. The topological polar surface area (TPSA) is 72.5 Å². The molecular weight excluding hydrogens is 267 g/mol. The standard InChI is InChI=1S/C14H14N2O2S.Li.H/c1-9-10(2)14(15)8-7-13(9)11-3-5-12(6-4-11)16-19(17)18;;/h3-8H,15H2,1-2H3;;. The molecule has 0 aromatic heterocycles. The Bertz CT molecular complexity index is 745. The number of hydrogen-bond donors (Lipinski definition) is 1. The maximum absolute atomic E-state index is 10.5. The zero-order valence-electron chi connectivity index (χ0n) is 10.7. The van der Waals surface area contributed by atoms with Gasteiger partial charge < -0.3 is 5.73 Å². The minimum absolute atomic E-state index is 0. The molecule has 0 bridgehead atoms. The van der Waals surface area contributed by atoms with Crippen molar-refractivity contribution in [2.45, 2.75) is 13.8 Å². The Morgan fingerprint density at radius 3 is 2.10 bits per heavy atom. The molecule has 0 radical (unpaired) electrons. The number of nitrogens with two attached hydrogens (primary N) is 1. The van der Waals surface area contributed by atoms with Crippen molar-refractivity contribution in [3.63, 3.8) is 0 Å². The van der Waals surface area contributed by atoms with Crippen LogP contribution in [0.2, 0.25) is 0 Å². The van der Waals surface area contributed by atoms with E-state index in [9.17, 15) is 8.42 Å². The summed E-state index contributed by atoms with van der Waals surface area (Å²) >= 11 is 0. The molecule has 0 aliphatic carbocycles. The average molecular weight is 282 g/mol. The molecule has 100 valence electrons. The summed E-state index contributed by atoms with van der Waals surface area (Å²) in [5, 5.41) is 0. The summed E-state index contributed by atoms with van der Waals surface area (Å²) in [6.07, 6.45) is 0. The molecule has 0 fully saturated rings. The SMILES string of the molecule is Cc1c(N)ccc(-c2ccc(N=S(=O)=O)cc2)c1C.[LiH]. The molecule has 0 amide bonds. The molecule has 2 N–H and O–H groups in total. The predicted octanol–water partition coefficient (Wildman–Crippen LogP) is 2.60. The van der Waals surface area contributed by atoms with E-state index in [2.05, 4.69) is 4.36 Å².